The Morgan fingerprint density at radius 2 is 2.16 bits per heavy atom. The van der Waals surface area contributed by atoms with E-state index in [9.17, 15) is 5.11 Å². The van der Waals surface area contributed by atoms with Gasteiger partial charge in [-0.05, 0) is 18.9 Å². The van der Waals surface area contributed by atoms with Crippen molar-refractivity contribution in [1.29, 1.82) is 0 Å². The number of nitrogens with zero attached hydrogens (tertiary/aromatic N) is 4. The fraction of sp³-hybridized carbons (Fsp3) is 0.571. The lowest BCUT2D eigenvalue weighted by Gasteiger charge is -2.08. The number of rotatable bonds is 6. The van der Waals surface area contributed by atoms with Gasteiger partial charge in [-0.1, -0.05) is 13.8 Å². The Kier molecular flexibility index (Phi) is 4.37. The largest absolute Gasteiger partial charge is 0.388 e. The van der Waals surface area contributed by atoms with Crippen LogP contribution >= 0.6 is 0 Å². The SMILES string of the molecule is CCCn1cc(C(O)Cc2cc(CC)nn2C)cn1. The molecular formula is C14H22N4O. The van der Waals surface area contributed by atoms with Crippen LogP contribution in [0.2, 0.25) is 0 Å². The van der Waals surface area contributed by atoms with Crippen LogP contribution in [0.4, 0.5) is 0 Å². The Bertz CT molecular complexity index is 529. The first-order valence-electron chi connectivity index (χ1n) is 6.86. The first-order valence-corrected chi connectivity index (χ1v) is 6.86. The summed E-state index contributed by atoms with van der Waals surface area (Å²) >= 11 is 0. The minimum Gasteiger partial charge on any atom is -0.388 e. The molecule has 104 valence electrons. The molecule has 19 heavy (non-hydrogen) atoms. The first-order chi connectivity index (χ1) is 9.13. The summed E-state index contributed by atoms with van der Waals surface area (Å²) in [6.07, 6.45) is 5.67. The first kappa shape index (κ1) is 13.8. The minimum absolute atomic E-state index is 0.522. The highest BCUT2D eigenvalue weighted by Gasteiger charge is 2.14. The molecule has 2 aromatic heterocycles. The van der Waals surface area contributed by atoms with Gasteiger partial charge in [0.25, 0.3) is 0 Å². The van der Waals surface area contributed by atoms with Crippen LogP contribution in [0.15, 0.2) is 18.5 Å². The molecule has 5 nitrogen and oxygen atoms in total. The van der Waals surface area contributed by atoms with Gasteiger partial charge in [-0.2, -0.15) is 10.2 Å². The van der Waals surface area contributed by atoms with Crippen LogP contribution in [-0.4, -0.2) is 24.7 Å². The van der Waals surface area contributed by atoms with Crippen molar-refractivity contribution in [2.45, 2.75) is 45.8 Å². The lowest BCUT2D eigenvalue weighted by Crippen LogP contribution is -2.06. The van der Waals surface area contributed by atoms with Gasteiger partial charge in [-0.15, -0.1) is 0 Å². The number of hydrogen-bond acceptors (Lipinski definition) is 3. The monoisotopic (exact) mass is 262 g/mol. The van der Waals surface area contributed by atoms with Crippen LogP contribution < -0.4 is 0 Å². The van der Waals surface area contributed by atoms with Gasteiger partial charge in [0, 0.05) is 37.5 Å². The number of hydrogen-bond donors (Lipinski definition) is 1. The zero-order valence-corrected chi connectivity index (χ0v) is 11.9. The predicted molar refractivity (Wildman–Crippen MR) is 73.8 cm³/mol. The lowest BCUT2D eigenvalue weighted by atomic mass is 10.1. The van der Waals surface area contributed by atoms with Crippen molar-refractivity contribution in [1.82, 2.24) is 19.6 Å². The maximum Gasteiger partial charge on any atom is 0.0875 e. The van der Waals surface area contributed by atoms with Gasteiger partial charge in [-0.3, -0.25) is 9.36 Å². The van der Waals surface area contributed by atoms with E-state index in [0.29, 0.717) is 6.42 Å². The second kappa shape index (κ2) is 6.02. The van der Waals surface area contributed by atoms with E-state index >= 15 is 0 Å². The van der Waals surface area contributed by atoms with Gasteiger partial charge in [0.2, 0.25) is 0 Å². The van der Waals surface area contributed by atoms with Crippen molar-refractivity contribution in [2.24, 2.45) is 7.05 Å². The highest BCUT2D eigenvalue weighted by molar-refractivity contribution is 5.16. The fourth-order valence-electron chi connectivity index (χ4n) is 2.15. The molecule has 0 radical (unpaired) electrons. The topological polar surface area (TPSA) is 55.9 Å². The highest BCUT2D eigenvalue weighted by Crippen LogP contribution is 2.18. The molecule has 0 amide bonds. The zero-order valence-electron chi connectivity index (χ0n) is 11.9. The Hall–Kier alpha value is -1.62. The third-order valence-electron chi connectivity index (χ3n) is 3.28. The molecule has 5 heteroatoms. The summed E-state index contributed by atoms with van der Waals surface area (Å²) < 4.78 is 3.72. The van der Waals surface area contributed by atoms with Gasteiger partial charge in [0.05, 0.1) is 18.0 Å². The average molecular weight is 262 g/mol. The maximum absolute atomic E-state index is 10.3. The smallest absolute Gasteiger partial charge is 0.0875 e. The molecule has 0 spiro atoms. The van der Waals surface area contributed by atoms with E-state index in [4.69, 9.17) is 0 Å². The molecule has 0 saturated heterocycles. The van der Waals surface area contributed by atoms with Crippen LogP contribution in [0.25, 0.3) is 0 Å². The van der Waals surface area contributed by atoms with Crippen molar-refractivity contribution in [3.05, 3.63) is 35.4 Å². The molecule has 1 N–H and O–H groups in total. The van der Waals surface area contributed by atoms with Crippen LogP contribution in [0, 0.1) is 0 Å². The van der Waals surface area contributed by atoms with Crippen molar-refractivity contribution in [3.63, 3.8) is 0 Å². The molecule has 0 aliphatic carbocycles. The number of aliphatic hydroxyl groups is 1. The third kappa shape index (κ3) is 3.23. The Morgan fingerprint density at radius 3 is 2.79 bits per heavy atom. The molecule has 0 saturated carbocycles. The Labute approximate surface area is 113 Å². The zero-order chi connectivity index (χ0) is 13.8. The van der Waals surface area contributed by atoms with E-state index in [1.807, 2.05) is 22.6 Å². The molecule has 2 aromatic rings. The lowest BCUT2D eigenvalue weighted by molar-refractivity contribution is 0.175. The van der Waals surface area contributed by atoms with Crippen LogP contribution in [0.1, 0.15) is 43.3 Å². The van der Waals surface area contributed by atoms with E-state index in [2.05, 4.69) is 30.1 Å². The molecule has 0 aliphatic rings. The summed E-state index contributed by atoms with van der Waals surface area (Å²) in [5, 5.41) is 18.9. The normalized spacial score (nSPS) is 12.8. The van der Waals surface area contributed by atoms with Crippen LogP contribution in [-0.2, 0) is 26.4 Å². The molecule has 0 aliphatic heterocycles. The molecule has 0 bridgehead atoms. The van der Waals surface area contributed by atoms with Gasteiger partial charge < -0.3 is 5.11 Å². The summed E-state index contributed by atoms with van der Waals surface area (Å²) in [6, 6.07) is 2.06. The molecule has 0 fully saturated rings. The van der Waals surface area contributed by atoms with Crippen molar-refractivity contribution in [2.75, 3.05) is 0 Å². The summed E-state index contributed by atoms with van der Waals surface area (Å²) in [5.41, 5.74) is 2.98. The van der Waals surface area contributed by atoms with Gasteiger partial charge in [-0.25, -0.2) is 0 Å². The Morgan fingerprint density at radius 1 is 1.37 bits per heavy atom. The van der Waals surface area contributed by atoms with Crippen molar-refractivity contribution < 1.29 is 5.11 Å². The summed E-state index contributed by atoms with van der Waals surface area (Å²) in [4.78, 5) is 0. The molecular weight excluding hydrogens is 240 g/mol. The van der Waals surface area contributed by atoms with Crippen molar-refractivity contribution in [3.8, 4) is 0 Å². The van der Waals surface area contributed by atoms with Gasteiger partial charge >= 0.3 is 0 Å². The van der Waals surface area contributed by atoms with E-state index in [-0.39, 0.29) is 0 Å². The molecule has 2 heterocycles. The fourth-order valence-corrected chi connectivity index (χ4v) is 2.15. The van der Waals surface area contributed by atoms with E-state index < -0.39 is 6.10 Å². The maximum atomic E-state index is 10.3. The second-order valence-electron chi connectivity index (χ2n) is 4.86. The number of aromatic nitrogens is 4. The van der Waals surface area contributed by atoms with Gasteiger partial charge in [0.15, 0.2) is 0 Å². The second-order valence-corrected chi connectivity index (χ2v) is 4.86. The Balaban J connectivity index is 2.06. The van der Waals surface area contributed by atoms with Crippen molar-refractivity contribution >= 4 is 0 Å². The molecule has 0 aromatic carbocycles. The number of aliphatic hydroxyl groups excluding tert-OH is 1. The quantitative estimate of drug-likeness (QED) is 0.864. The standard InChI is InChI=1S/C14H22N4O/c1-4-6-18-10-11(9-15-18)14(19)8-13-7-12(5-2)16-17(13)3/h7,9-10,14,19H,4-6,8H2,1-3H3. The summed E-state index contributed by atoms with van der Waals surface area (Å²) in [6.45, 7) is 5.08. The van der Waals surface area contributed by atoms with E-state index in [1.54, 1.807) is 6.20 Å². The molecule has 1 atom stereocenters. The van der Waals surface area contributed by atoms with E-state index in [1.165, 1.54) is 0 Å². The molecule has 1 unspecified atom stereocenters. The minimum atomic E-state index is -0.522. The third-order valence-corrected chi connectivity index (χ3v) is 3.28. The average Bonchev–Trinajstić information content (AvgIpc) is 2.98. The molecule has 2 rings (SSSR count). The van der Waals surface area contributed by atoms with Crippen LogP contribution in [0.3, 0.4) is 0 Å². The van der Waals surface area contributed by atoms with Gasteiger partial charge in [0.1, 0.15) is 0 Å². The predicted octanol–water partition coefficient (Wildman–Crippen LogP) is 1.87. The summed E-state index contributed by atoms with van der Waals surface area (Å²) in [7, 11) is 1.92. The highest BCUT2D eigenvalue weighted by atomic mass is 16.3. The summed E-state index contributed by atoms with van der Waals surface area (Å²) in [5.74, 6) is 0. The number of aryl methyl sites for hydroxylation is 3. The van der Waals surface area contributed by atoms with E-state index in [0.717, 1.165) is 36.3 Å². The van der Waals surface area contributed by atoms with Crippen LogP contribution in [0.5, 0.6) is 0 Å².